The topological polar surface area (TPSA) is 35.3 Å². The smallest absolute Gasteiger partial charge is 0.226 e. The predicted molar refractivity (Wildman–Crippen MR) is 105 cm³/mol. The number of hydrogen-bond acceptors (Lipinski definition) is 3. The quantitative estimate of drug-likeness (QED) is 0.484. The van der Waals surface area contributed by atoms with Crippen LogP contribution in [-0.2, 0) is 12.8 Å². The molecule has 134 valence electrons. The molecule has 0 aliphatic heterocycles. The van der Waals surface area contributed by atoms with E-state index in [1.54, 1.807) is 0 Å². The maximum absolute atomic E-state index is 5.93. The van der Waals surface area contributed by atoms with Crippen LogP contribution in [0.1, 0.15) is 30.4 Å². The maximum atomic E-state index is 5.93. The summed E-state index contributed by atoms with van der Waals surface area (Å²) in [6, 6.07) is 18.3. The van der Waals surface area contributed by atoms with Crippen molar-refractivity contribution in [2.45, 2.75) is 33.1 Å². The minimum absolute atomic E-state index is 0.583. The minimum atomic E-state index is 0.583. The molecule has 2 aromatic carbocycles. The number of allylic oxidation sites excluding steroid dienone is 2. The standard InChI is InChI=1S/C23H25NO2/c1-3-4-6-10-19-11-9-14-21(17-19)25-16-15-22-18(2)26-23(24-22)20-12-7-5-8-13-20/h3-5,7-9,11-14,17H,6,10,15-16H2,1-2H3/b4-3+. The molecule has 0 atom stereocenters. The van der Waals surface area contributed by atoms with E-state index in [4.69, 9.17) is 9.15 Å². The summed E-state index contributed by atoms with van der Waals surface area (Å²) in [5, 5.41) is 0. The Labute approximate surface area is 155 Å². The number of oxazole rings is 1. The van der Waals surface area contributed by atoms with E-state index < -0.39 is 0 Å². The van der Waals surface area contributed by atoms with E-state index in [9.17, 15) is 0 Å². The van der Waals surface area contributed by atoms with Gasteiger partial charge in [0.1, 0.15) is 11.5 Å². The summed E-state index contributed by atoms with van der Waals surface area (Å²) >= 11 is 0. The van der Waals surface area contributed by atoms with Crippen LogP contribution in [0.2, 0.25) is 0 Å². The van der Waals surface area contributed by atoms with Gasteiger partial charge in [-0.15, -0.1) is 0 Å². The molecule has 0 N–H and O–H groups in total. The van der Waals surface area contributed by atoms with E-state index in [1.165, 1.54) is 5.56 Å². The molecule has 3 aromatic rings. The zero-order chi connectivity index (χ0) is 18.2. The third kappa shape index (κ3) is 4.85. The van der Waals surface area contributed by atoms with Gasteiger partial charge in [-0.25, -0.2) is 4.98 Å². The highest BCUT2D eigenvalue weighted by Crippen LogP contribution is 2.22. The van der Waals surface area contributed by atoms with E-state index >= 15 is 0 Å². The Bertz CT molecular complexity index is 850. The SMILES string of the molecule is C/C=C/CCc1cccc(OCCc2nc(-c3ccccc3)oc2C)c1. The number of aromatic nitrogens is 1. The Morgan fingerprint density at radius 3 is 2.69 bits per heavy atom. The lowest BCUT2D eigenvalue weighted by Gasteiger charge is -2.07. The Balaban J connectivity index is 1.57. The fraction of sp³-hybridized carbons (Fsp3) is 0.261. The second kappa shape index (κ2) is 9.04. The van der Waals surface area contributed by atoms with E-state index in [0.717, 1.165) is 42.0 Å². The fourth-order valence-corrected chi connectivity index (χ4v) is 2.84. The van der Waals surface area contributed by atoms with Crippen molar-refractivity contribution >= 4 is 0 Å². The lowest BCUT2D eigenvalue weighted by molar-refractivity contribution is 0.319. The number of hydrogen-bond donors (Lipinski definition) is 0. The van der Waals surface area contributed by atoms with Crippen LogP contribution in [0.25, 0.3) is 11.5 Å². The Morgan fingerprint density at radius 1 is 1.04 bits per heavy atom. The zero-order valence-electron chi connectivity index (χ0n) is 15.4. The molecule has 0 spiro atoms. The second-order valence-corrected chi connectivity index (χ2v) is 6.24. The summed E-state index contributed by atoms with van der Waals surface area (Å²) in [4.78, 5) is 4.62. The zero-order valence-corrected chi connectivity index (χ0v) is 15.4. The van der Waals surface area contributed by atoms with Gasteiger partial charge in [0.15, 0.2) is 0 Å². The van der Waals surface area contributed by atoms with Crippen molar-refractivity contribution in [3.8, 4) is 17.2 Å². The van der Waals surface area contributed by atoms with E-state index in [2.05, 4.69) is 42.3 Å². The van der Waals surface area contributed by atoms with Crippen LogP contribution in [0, 0.1) is 6.92 Å². The molecule has 1 heterocycles. The summed E-state index contributed by atoms with van der Waals surface area (Å²) in [7, 11) is 0. The predicted octanol–water partition coefficient (Wildman–Crippen LogP) is 5.78. The second-order valence-electron chi connectivity index (χ2n) is 6.24. The van der Waals surface area contributed by atoms with Gasteiger partial charge in [-0.2, -0.15) is 0 Å². The molecule has 3 rings (SSSR count). The average Bonchev–Trinajstić information content (AvgIpc) is 3.04. The van der Waals surface area contributed by atoms with Gasteiger partial charge in [0.2, 0.25) is 5.89 Å². The highest BCUT2D eigenvalue weighted by Gasteiger charge is 2.11. The van der Waals surface area contributed by atoms with Crippen LogP contribution in [0.4, 0.5) is 0 Å². The first-order chi connectivity index (χ1) is 12.8. The van der Waals surface area contributed by atoms with Gasteiger partial charge in [-0.1, -0.05) is 42.5 Å². The van der Waals surface area contributed by atoms with Crippen molar-refractivity contribution < 1.29 is 9.15 Å². The van der Waals surface area contributed by atoms with Crippen LogP contribution >= 0.6 is 0 Å². The first-order valence-electron chi connectivity index (χ1n) is 9.11. The Kier molecular flexibility index (Phi) is 6.26. The van der Waals surface area contributed by atoms with Crippen molar-refractivity contribution in [3.05, 3.63) is 83.8 Å². The van der Waals surface area contributed by atoms with Gasteiger partial charge in [0, 0.05) is 12.0 Å². The Hall–Kier alpha value is -2.81. The lowest BCUT2D eigenvalue weighted by Crippen LogP contribution is -2.03. The summed E-state index contributed by atoms with van der Waals surface area (Å²) in [6.07, 6.45) is 7.09. The van der Waals surface area contributed by atoms with Crippen LogP contribution in [0.5, 0.6) is 5.75 Å². The van der Waals surface area contributed by atoms with Crippen molar-refractivity contribution in [1.82, 2.24) is 4.98 Å². The highest BCUT2D eigenvalue weighted by atomic mass is 16.5. The molecule has 0 saturated heterocycles. The molecule has 0 saturated carbocycles. The van der Waals surface area contributed by atoms with E-state index in [0.29, 0.717) is 12.5 Å². The number of ether oxygens (including phenoxy) is 1. The number of rotatable bonds is 8. The monoisotopic (exact) mass is 347 g/mol. The van der Waals surface area contributed by atoms with Gasteiger partial charge in [-0.05, 0) is 56.5 Å². The number of aryl methyl sites for hydroxylation is 2. The van der Waals surface area contributed by atoms with Crippen LogP contribution in [-0.4, -0.2) is 11.6 Å². The van der Waals surface area contributed by atoms with Crippen molar-refractivity contribution in [1.29, 1.82) is 0 Å². The maximum Gasteiger partial charge on any atom is 0.226 e. The molecule has 0 amide bonds. The summed E-state index contributed by atoms with van der Waals surface area (Å²) in [5.74, 6) is 2.43. The molecule has 3 heteroatoms. The lowest BCUT2D eigenvalue weighted by atomic mass is 10.1. The number of nitrogens with zero attached hydrogens (tertiary/aromatic N) is 1. The first kappa shape index (κ1) is 18.0. The fourth-order valence-electron chi connectivity index (χ4n) is 2.84. The molecule has 0 unspecified atom stereocenters. The van der Waals surface area contributed by atoms with Gasteiger partial charge in [-0.3, -0.25) is 0 Å². The first-order valence-corrected chi connectivity index (χ1v) is 9.11. The summed E-state index contributed by atoms with van der Waals surface area (Å²) < 4.78 is 11.7. The van der Waals surface area contributed by atoms with Gasteiger partial charge < -0.3 is 9.15 Å². The molecule has 0 fully saturated rings. The van der Waals surface area contributed by atoms with E-state index in [-0.39, 0.29) is 0 Å². The largest absolute Gasteiger partial charge is 0.493 e. The molecule has 1 aromatic heterocycles. The highest BCUT2D eigenvalue weighted by molar-refractivity contribution is 5.53. The molecular formula is C23H25NO2. The summed E-state index contributed by atoms with van der Waals surface area (Å²) in [6.45, 7) is 4.59. The molecular weight excluding hydrogens is 322 g/mol. The molecule has 0 bridgehead atoms. The third-order valence-corrected chi connectivity index (χ3v) is 4.25. The van der Waals surface area contributed by atoms with Crippen molar-refractivity contribution in [3.63, 3.8) is 0 Å². The molecule has 0 radical (unpaired) electrons. The summed E-state index contributed by atoms with van der Waals surface area (Å²) in [5.41, 5.74) is 3.24. The normalized spacial score (nSPS) is 11.2. The molecule has 0 aliphatic carbocycles. The molecule has 26 heavy (non-hydrogen) atoms. The van der Waals surface area contributed by atoms with Gasteiger partial charge in [0.25, 0.3) is 0 Å². The molecule has 3 nitrogen and oxygen atoms in total. The van der Waals surface area contributed by atoms with Crippen LogP contribution in [0.15, 0.2) is 71.2 Å². The molecule has 0 aliphatic rings. The minimum Gasteiger partial charge on any atom is -0.493 e. The Morgan fingerprint density at radius 2 is 1.88 bits per heavy atom. The third-order valence-electron chi connectivity index (χ3n) is 4.25. The van der Waals surface area contributed by atoms with Crippen molar-refractivity contribution in [2.75, 3.05) is 6.61 Å². The van der Waals surface area contributed by atoms with E-state index in [1.807, 2.05) is 43.3 Å². The van der Waals surface area contributed by atoms with Gasteiger partial charge >= 0.3 is 0 Å². The van der Waals surface area contributed by atoms with Crippen molar-refractivity contribution in [2.24, 2.45) is 0 Å². The van der Waals surface area contributed by atoms with Gasteiger partial charge in [0.05, 0.1) is 12.3 Å². The van der Waals surface area contributed by atoms with Crippen LogP contribution in [0.3, 0.4) is 0 Å². The van der Waals surface area contributed by atoms with Crippen LogP contribution < -0.4 is 4.74 Å². The average molecular weight is 347 g/mol. The number of benzene rings is 2.